The molecule has 0 spiro atoms. The van der Waals surface area contributed by atoms with Crippen LogP contribution in [0.4, 0.5) is 87.8 Å². The summed E-state index contributed by atoms with van der Waals surface area (Å²) in [5.74, 6) is -71.4. The summed E-state index contributed by atoms with van der Waals surface area (Å²) in [4.78, 5) is 0. The molecule has 0 N–H and O–H groups in total. The lowest BCUT2D eigenvalue weighted by molar-refractivity contribution is 0.378. The van der Waals surface area contributed by atoms with Crippen molar-refractivity contribution in [3.05, 3.63) is 152 Å². The van der Waals surface area contributed by atoms with Crippen LogP contribution in [0.25, 0.3) is 0 Å². The van der Waals surface area contributed by atoms with Gasteiger partial charge >= 0.3 is 8.80 Å². The Morgan fingerprint density at radius 2 is 0.475 bits per heavy atom. The van der Waals surface area contributed by atoms with Gasteiger partial charge in [-0.3, -0.25) is 0 Å². The van der Waals surface area contributed by atoms with Gasteiger partial charge in [-0.15, -0.1) is 21.9 Å². The first-order chi connectivity index (χ1) is 27.4. The van der Waals surface area contributed by atoms with Gasteiger partial charge in [-0.25, -0.2) is 87.8 Å². The fraction of sp³-hybridized carbons (Fsp3) is 0.189. The fourth-order valence-electron chi connectivity index (χ4n) is 6.16. The van der Waals surface area contributed by atoms with E-state index in [9.17, 15) is 52.7 Å². The van der Waals surface area contributed by atoms with Crippen molar-refractivity contribution in [3.8, 4) is 0 Å². The normalized spacial score (nSPS) is 11.3. The lowest BCUT2D eigenvalue weighted by Gasteiger charge is -2.44. The van der Waals surface area contributed by atoms with Crippen LogP contribution in [0.15, 0.2) is 30.3 Å². The number of halogens is 20. The summed E-state index contributed by atoms with van der Waals surface area (Å²) in [7, 11) is 0.137. The van der Waals surface area contributed by atoms with E-state index in [1.54, 1.807) is 0 Å². The Balaban J connectivity index is 0.000000561. The predicted octanol–water partition coefficient (Wildman–Crippen LogP) is 10.4. The molecular formula is C37H23BF20Si. The zero-order chi connectivity index (χ0) is 45.2. The van der Waals surface area contributed by atoms with Crippen molar-refractivity contribution < 1.29 is 87.8 Å². The molecule has 22 heteroatoms. The Morgan fingerprint density at radius 1 is 0.305 bits per heavy atom. The molecule has 5 aromatic rings. The molecule has 0 radical (unpaired) electrons. The van der Waals surface area contributed by atoms with Crippen LogP contribution in [-0.2, 0) is 0 Å². The minimum Gasteiger partial charge on any atom is -0.207 e. The first-order valence-corrected chi connectivity index (χ1v) is 18.6. The Bertz CT molecular complexity index is 1980. The van der Waals surface area contributed by atoms with E-state index in [0.717, 1.165) is 0 Å². The summed E-state index contributed by atoms with van der Waals surface area (Å²) < 4.78 is 294. The van der Waals surface area contributed by atoms with E-state index >= 15 is 35.1 Å². The minimum atomic E-state index is -7.22. The molecule has 318 valence electrons. The SMILES string of the molecule is CC[Si+](CC)CC.Cc1ccccc1.Fc1c(F)c(F)c([B-](c2c(F)c(F)c(F)c(F)c2F)(c2c(F)c(F)c(F)c(F)c2F)c2c(F)c(F)c(F)c(F)c2F)c(F)c1F. The Morgan fingerprint density at radius 3 is 0.593 bits per heavy atom. The first-order valence-electron chi connectivity index (χ1n) is 16.5. The largest absolute Gasteiger partial charge is 0.313 e. The minimum absolute atomic E-state index is 0.137. The van der Waals surface area contributed by atoms with Crippen molar-refractivity contribution >= 4 is 36.8 Å². The van der Waals surface area contributed by atoms with Gasteiger partial charge in [0.2, 0.25) is 0 Å². The molecule has 0 aliphatic heterocycles. The lowest BCUT2D eigenvalue weighted by Crippen LogP contribution is -2.81. The van der Waals surface area contributed by atoms with E-state index in [1.807, 2.05) is 18.2 Å². The van der Waals surface area contributed by atoms with E-state index < -0.39 is 144 Å². The van der Waals surface area contributed by atoms with Crippen LogP contribution in [0.3, 0.4) is 0 Å². The van der Waals surface area contributed by atoms with Crippen LogP contribution >= 0.6 is 0 Å². The molecule has 0 unspecified atom stereocenters. The second-order valence-electron chi connectivity index (χ2n) is 12.3. The van der Waals surface area contributed by atoms with Crippen LogP contribution in [0.1, 0.15) is 26.3 Å². The van der Waals surface area contributed by atoms with Gasteiger partial charge in [-0.1, -0.05) is 35.9 Å². The highest BCUT2D eigenvalue weighted by molar-refractivity contribution is 7.20. The molecule has 0 amide bonds. The number of aryl methyl sites for hydroxylation is 1. The van der Waals surface area contributed by atoms with Crippen LogP contribution in [0, 0.1) is 123 Å². The highest BCUT2D eigenvalue weighted by Crippen LogP contribution is 2.30. The van der Waals surface area contributed by atoms with Gasteiger partial charge < -0.3 is 0 Å². The number of benzene rings is 5. The molecule has 5 aromatic carbocycles. The van der Waals surface area contributed by atoms with Crippen LogP contribution in [-0.4, -0.2) is 14.9 Å². The maximum Gasteiger partial charge on any atom is 0.313 e. The van der Waals surface area contributed by atoms with Crippen molar-refractivity contribution in [3.63, 3.8) is 0 Å². The molecule has 0 aliphatic carbocycles. The highest BCUT2D eigenvalue weighted by Gasteiger charge is 2.52. The first kappa shape index (κ1) is 48.4. The lowest BCUT2D eigenvalue weighted by atomic mass is 9.12. The van der Waals surface area contributed by atoms with Gasteiger partial charge in [-0.2, -0.15) is 0 Å². The molecule has 0 heterocycles. The number of hydrogen-bond donors (Lipinski definition) is 0. The predicted molar refractivity (Wildman–Crippen MR) is 178 cm³/mol. The molecule has 0 fully saturated rings. The second-order valence-corrected chi connectivity index (χ2v) is 15.9. The maximum atomic E-state index is 15.4. The average molecular weight is 886 g/mol. The monoisotopic (exact) mass is 886 g/mol. The van der Waals surface area contributed by atoms with Crippen molar-refractivity contribution in [2.24, 2.45) is 0 Å². The topological polar surface area (TPSA) is 0 Å². The summed E-state index contributed by atoms with van der Waals surface area (Å²) in [6.45, 7) is 9.00. The van der Waals surface area contributed by atoms with Crippen LogP contribution in [0.2, 0.25) is 18.1 Å². The Hall–Kier alpha value is -5.02. The third-order valence-corrected chi connectivity index (χ3v) is 12.1. The summed E-state index contributed by atoms with van der Waals surface area (Å²) in [5.41, 5.74) is -13.0. The van der Waals surface area contributed by atoms with E-state index in [4.69, 9.17) is 0 Å². The molecule has 0 bridgehead atoms. The van der Waals surface area contributed by atoms with Crippen LogP contribution < -0.4 is 21.9 Å². The molecule has 59 heavy (non-hydrogen) atoms. The van der Waals surface area contributed by atoms with Gasteiger partial charge in [-0.05, 0) is 27.7 Å². The Kier molecular flexibility index (Phi) is 15.5. The zero-order valence-electron chi connectivity index (χ0n) is 30.1. The third kappa shape index (κ3) is 8.28. The summed E-state index contributed by atoms with van der Waals surface area (Å²) in [6.07, 6.45) is -7.22. The molecule has 5 rings (SSSR count). The van der Waals surface area contributed by atoms with E-state index in [1.165, 1.54) is 23.7 Å². The molecule has 0 nitrogen and oxygen atoms in total. The van der Waals surface area contributed by atoms with E-state index in [-0.39, 0.29) is 8.80 Å². The molecule has 0 aliphatic rings. The van der Waals surface area contributed by atoms with Crippen molar-refractivity contribution in [1.82, 2.24) is 0 Å². The van der Waals surface area contributed by atoms with Gasteiger partial charge in [0, 0.05) is 0 Å². The van der Waals surface area contributed by atoms with Crippen molar-refractivity contribution in [2.45, 2.75) is 45.8 Å². The molecule has 0 saturated heterocycles. The van der Waals surface area contributed by atoms with Gasteiger partial charge in [0.15, 0.2) is 69.8 Å². The molecular weight excluding hydrogens is 863 g/mol. The quantitative estimate of drug-likeness (QED) is 0.0661. The van der Waals surface area contributed by atoms with Crippen LogP contribution in [0.5, 0.6) is 0 Å². The smallest absolute Gasteiger partial charge is 0.207 e. The van der Waals surface area contributed by atoms with Crippen molar-refractivity contribution in [2.75, 3.05) is 0 Å². The third-order valence-electron chi connectivity index (χ3n) is 9.15. The molecule has 0 atom stereocenters. The standard InChI is InChI=1S/C24BF20.C7H8.C6H15Si/c26-5-1(6(27)14(35)21(42)13(5)34)25(2-7(28)15(36)22(43)16(37)8(2)29,3-9(30)17(38)23(44)18(39)10(3)31)4-11(32)19(40)24(45)20(41)12(4)33;1-7-5-3-2-4-6-7;1-4-7(5-2)6-3/h;2-6H,1H3;4-6H2,1-3H3/q-1;;+1. The van der Waals surface area contributed by atoms with Gasteiger partial charge in [0.25, 0.3) is 0 Å². The Labute approximate surface area is 322 Å². The summed E-state index contributed by atoms with van der Waals surface area (Å²) in [6, 6.07) is 14.6. The summed E-state index contributed by atoms with van der Waals surface area (Å²) in [5, 5.41) is 0. The second kappa shape index (κ2) is 18.9. The van der Waals surface area contributed by atoms with Crippen molar-refractivity contribution in [1.29, 1.82) is 0 Å². The zero-order valence-corrected chi connectivity index (χ0v) is 31.1. The fourth-order valence-corrected chi connectivity index (χ4v) is 7.66. The van der Waals surface area contributed by atoms with E-state index in [2.05, 4.69) is 39.8 Å². The molecule has 0 aromatic heterocycles. The van der Waals surface area contributed by atoms with E-state index in [0.29, 0.717) is 0 Å². The number of hydrogen-bond acceptors (Lipinski definition) is 0. The highest BCUT2D eigenvalue weighted by atomic mass is 28.3. The summed E-state index contributed by atoms with van der Waals surface area (Å²) >= 11 is 0. The maximum absolute atomic E-state index is 15.4. The van der Waals surface area contributed by atoms with Gasteiger partial charge in [0.1, 0.15) is 52.7 Å². The van der Waals surface area contributed by atoms with Gasteiger partial charge in [0.05, 0.1) is 18.1 Å². The number of rotatable bonds is 7. The average Bonchev–Trinajstić information content (AvgIpc) is 3.22. The molecule has 0 saturated carbocycles.